The Hall–Kier alpha value is -3.43. The number of carbonyl (C=O) groups excluding carboxylic acids is 5. The molecule has 3 rings (SSSR count). The summed E-state index contributed by atoms with van der Waals surface area (Å²) in [5.41, 5.74) is 0.386. The van der Waals surface area contributed by atoms with Crippen LogP contribution in [0, 0.1) is 0 Å². The quantitative estimate of drug-likeness (QED) is 0.0734. The second kappa shape index (κ2) is 29.7. The Morgan fingerprint density at radius 1 is 0.649 bits per heavy atom. The molecule has 1 atom stereocenters. The molecule has 2 heterocycles. The number of hydrogen-bond donors (Lipinski definition) is 2. The number of anilines is 1. The minimum atomic E-state index is -1.07. The van der Waals surface area contributed by atoms with Gasteiger partial charge in [-0.2, -0.15) is 0 Å². The van der Waals surface area contributed by atoms with E-state index in [0.717, 1.165) is 24.3 Å². The minimum Gasteiger partial charge on any atom is -0.379 e. The molecule has 0 saturated carbocycles. The molecule has 0 bridgehead atoms. The highest BCUT2D eigenvalue weighted by Gasteiger charge is 2.45. The van der Waals surface area contributed by atoms with E-state index in [1.54, 1.807) is 12.1 Å². The normalized spacial score (nSPS) is 15.5. The number of amides is 5. The van der Waals surface area contributed by atoms with Gasteiger partial charge in [0.05, 0.1) is 129 Å². The summed E-state index contributed by atoms with van der Waals surface area (Å²) >= 11 is 0. The minimum absolute atomic E-state index is 0.0293. The molecular weight excluding hydrogens is 748 g/mol. The fourth-order valence-electron chi connectivity index (χ4n) is 5.61. The Bertz CT molecular complexity index is 1350. The predicted octanol–water partition coefficient (Wildman–Crippen LogP) is 1.30. The molecule has 18 nitrogen and oxygen atoms in total. The van der Waals surface area contributed by atoms with Crippen LogP contribution in [-0.2, 0) is 57.0 Å². The molecule has 2 aliphatic heterocycles. The van der Waals surface area contributed by atoms with Crippen LogP contribution in [-0.4, -0.2) is 185 Å². The summed E-state index contributed by atoms with van der Waals surface area (Å²) in [6, 6.07) is 3.53. The second-order valence-electron chi connectivity index (χ2n) is 13.3. The number of fused-ring (bicyclic) bond motifs is 1. The summed E-state index contributed by atoms with van der Waals surface area (Å²) in [7, 11) is 4.02. The lowest BCUT2D eigenvalue weighted by Crippen LogP contribution is -2.54. The maximum absolute atomic E-state index is 13.2. The molecule has 2 N–H and O–H groups in total. The Kier molecular flexibility index (Phi) is 25.0. The second-order valence-corrected chi connectivity index (χ2v) is 13.3. The number of nitrogens with one attached hydrogen (secondary N) is 2. The molecule has 57 heavy (non-hydrogen) atoms. The van der Waals surface area contributed by atoms with E-state index in [9.17, 15) is 24.0 Å². The Morgan fingerprint density at radius 2 is 1.12 bits per heavy atom. The van der Waals surface area contributed by atoms with E-state index in [1.807, 2.05) is 14.1 Å². The smallest absolute Gasteiger partial charge is 0.264 e. The zero-order chi connectivity index (χ0) is 40.9. The highest BCUT2D eigenvalue weighted by atomic mass is 16.6. The fraction of sp³-hybridized carbons (Fsp3) is 0.718. The van der Waals surface area contributed by atoms with Crippen LogP contribution in [0.5, 0.6) is 0 Å². The van der Waals surface area contributed by atoms with Gasteiger partial charge in [0.15, 0.2) is 0 Å². The molecule has 1 unspecified atom stereocenters. The van der Waals surface area contributed by atoms with Crippen molar-refractivity contribution in [2.45, 2.75) is 44.6 Å². The van der Waals surface area contributed by atoms with Crippen LogP contribution < -0.4 is 10.6 Å². The van der Waals surface area contributed by atoms with Gasteiger partial charge < -0.3 is 52.8 Å². The standard InChI is InChI=1S/C39H62N4O14/c1-42(2)12-14-50-16-18-52-20-22-54-24-26-56-28-30-57-29-27-55-25-23-53-21-19-51-17-15-49-13-5-3-4-9-34(44)40-32-8-6-7-31-36(32)39(48)43(38(31)47)33-10-11-35(45)41-37(33)46/h6-8,33H,3-5,9-30H2,1-2H3,(H,40,44)(H,41,45,46). The third-order valence-electron chi connectivity index (χ3n) is 8.59. The van der Waals surface area contributed by atoms with Crippen LogP contribution in [0.2, 0.25) is 0 Å². The van der Waals surface area contributed by atoms with E-state index in [4.69, 9.17) is 42.6 Å². The van der Waals surface area contributed by atoms with Gasteiger partial charge in [0.2, 0.25) is 17.7 Å². The van der Waals surface area contributed by atoms with E-state index in [0.29, 0.717) is 125 Å². The van der Waals surface area contributed by atoms with Crippen molar-refractivity contribution < 1.29 is 66.6 Å². The first-order valence-corrected chi connectivity index (χ1v) is 19.8. The molecule has 0 aromatic heterocycles. The first kappa shape index (κ1) is 47.9. The molecule has 18 heteroatoms. The largest absolute Gasteiger partial charge is 0.379 e. The van der Waals surface area contributed by atoms with Crippen LogP contribution >= 0.6 is 0 Å². The summed E-state index contributed by atoms with van der Waals surface area (Å²) in [6.07, 6.45) is 2.46. The first-order chi connectivity index (χ1) is 27.8. The third-order valence-corrected chi connectivity index (χ3v) is 8.59. The average molecular weight is 811 g/mol. The lowest BCUT2D eigenvalue weighted by molar-refractivity contribution is -0.136. The van der Waals surface area contributed by atoms with Crippen molar-refractivity contribution >= 4 is 35.2 Å². The molecular formula is C39H62N4O14. The third kappa shape index (κ3) is 19.7. The summed E-state index contributed by atoms with van der Waals surface area (Å²) in [5, 5.41) is 4.91. The van der Waals surface area contributed by atoms with Gasteiger partial charge in [0.25, 0.3) is 11.8 Å². The van der Waals surface area contributed by atoms with Crippen LogP contribution in [0.15, 0.2) is 18.2 Å². The average Bonchev–Trinajstić information content (AvgIpc) is 3.44. The SMILES string of the molecule is CN(C)CCOCCOCCOCCOCCOCCOCCOCCOCCOCCCCCC(=O)Nc1cccc2c1C(=O)N(C1CCC(=O)NC1=O)C2=O. The molecule has 0 radical (unpaired) electrons. The highest BCUT2D eigenvalue weighted by Crippen LogP contribution is 2.32. The predicted molar refractivity (Wildman–Crippen MR) is 206 cm³/mol. The molecule has 0 spiro atoms. The number of hydrogen-bond acceptors (Lipinski definition) is 15. The number of likely N-dealkylation sites (N-methyl/N-ethyl adjacent to an activating group) is 1. The fourth-order valence-corrected chi connectivity index (χ4v) is 5.61. The molecule has 0 aliphatic carbocycles. The van der Waals surface area contributed by atoms with Crippen molar-refractivity contribution in [3.05, 3.63) is 29.3 Å². The number of piperidine rings is 1. The Labute approximate surface area is 335 Å². The van der Waals surface area contributed by atoms with Crippen LogP contribution in [0.3, 0.4) is 0 Å². The first-order valence-electron chi connectivity index (χ1n) is 19.8. The summed E-state index contributed by atoms with van der Waals surface area (Å²) in [6.45, 7) is 10.0. The lowest BCUT2D eigenvalue weighted by Gasteiger charge is -2.27. The Balaban J connectivity index is 1.03. The van der Waals surface area contributed by atoms with E-state index in [-0.39, 0.29) is 42.0 Å². The number of imide groups is 2. The van der Waals surface area contributed by atoms with Crippen molar-refractivity contribution in [2.75, 3.05) is 145 Å². The number of unbranched alkanes of at least 4 members (excludes halogenated alkanes) is 2. The van der Waals surface area contributed by atoms with Gasteiger partial charge in [-0.1, -0.05) is 12.5 Å². The maximum Gasteiger partial charge on any atom is 0.264 e. The van der Waals surface area contributed by atoms with Gasteiger partial charge in [0, 0.05) is 26.0 Å². The number of rotatable bonds is 35. The maximum atomic E-state index is 13.2. The monoisotopic (exact) mass is 810 g/mol. The molecule has 1 fully saturated rings. The van der Waals surface area contributed by atoms with Gasteiger partial charge in [-0.05, 0) is 45.5 Å². The number of carbonyl (C=O) groups is 5. The van der Waals surface area contributed by atoms with Crippen molar-refractivity contribution in [2.24, 2.45) is 0 Å². The molecule has 5 amide bonds. The molecule has 1 aromatic rings. The van der Waals surface area contributed by atoms with Crippen LogP contribution in [0.4, 0.5) is 5.69 Å². The zero-order valence-corrected chi connectivity index (χ0v) is 33.6. The Morgan fingerprint density at radius 3 is 1.60 bits per heavy atom. The van der Waals surface area contributed by atoms with Gasteiger partial charge in [0.1, 0.15) is 6.04 Å². The number of ether oxygens (including phenoxy) is 9. The summed E-state index contributed by atoms with van der Waals surface area (Å²) < 4.78 is 49.4. The van der Waals surface area contributed by atoms with Gasteiger partial charge in [-0.15, -0.1) is 0 Å². The lowest BCUT2D eigenvalue weighted by atomic mass is 10.0. The van der Waals surface area contributed by atoms with E-state index in [2.05, 4.69) is 15.5 Å². The highest BCUT2D eigenvalue weighted by molar-refractivity contribution is 6.26. The van der Waals surface area contributed by atoms with Crippen molar-refractivity contribution in [1.82, 2.24) is 15.1 Å². The number of nitrogens with zero attached hydrogens (tertiary/aromatic N) is 2. The van der Waals surface area contributed by atoms with E-state index in [1.165, 1.54) is 6.07 Å². The van der Waals surface area contributed by atoms with Gasteiger partial charge in [-0.25, -0.2) is 0 Å². The van der Waals surface area contributed by atoms with Crippen molar-refractivity contribution in [1.29, 1.82) is 0 Å². The van der Waals surface area contributed by atoms with Crippen molar-refractivity contribution in [3.63, 3.8) is 0 Å². The zero-order valence-electron chi connectivity index (χ0n) is 33.6. The van der Waals surface area contributed by atoms with Crippen LogP contribution in [0.1, 0.15) is 59.2 Å². The molecule has 2 aliphatic rings. The summed E-state index contributed by atoms with van der Waals surface area (Å²) in [5.74, 6) is -2.71. The molecule has 1 aromatic carbocycles. The summed E-state index contributed by atoms with van der Waals surface area (Å²) in [4.78, 5) is 65.6. The van der Waals surface area contributed by atoms with Crippen LogP contribution in [0.25, 0.3) is 0 Å². The van der Waals surface area contributed by atoms with Gasteiger partial charge in [-0.3, -0.25) is 34.2 Å². The van der Waals surface area contributed by atoms with Crippen molar-refractivity contribution in [3.8, 4) is 0 Å². The van der Waals surface area contributed by atoms with E-state index >= 15 is 0 Å². The number of benzene rings is 1. The molecule has 1 saturated heterocycles. The van der Waals surface area contributed by atoms with E-state index < -0.39 is 29.7 Å². The molecule has 322 valence electrons. The van der Waals surface area contributed by atoms with Gasteiger partial charge >= 0.3 is 0 Å². The topological polar surface area (TPSA) is 199 Å².